The summed E-state index contributed by atoms with van der Waals surface area (Å²) in [4.78, 5) is 5.03. The molecular weight excluding hydrogens is 516 g/mol. The Hall–Kier alpha value is -2.41. The molecule has 0 radical (unpaired) electrons. The summed E-state index contributed by atoms with van der Waals surface area (Å²) in [5.41, 5.74) is 3.81. The fourth-order valence-electron chi connectivity index (χ4n) is 4.00. The number of piperazine rings is 1. The van der Waals surface area contributed by atoms with Crippen molar-refractivity contribution in [2.75, 3.05) is 51.8 Å². The predicted molar refractivity (Wildman–Crippen MR) is 144 cm³/mol. The monoisotopic (exact) mass is 546 g/mol. The van der Waals surface area contributed by atoms with E-state index in [4.69, 9.17) is 14.2 Å². The van der Waals surface area contributed by atoms with Crippen LogP contribution in [0.25, 0.3) is 0 Å². The summed E-state index contributed by atoms with van der Waals surface area (Å²) in [6.07, 6.45) is 1.06. The van der Waals surface area contributed by atoms with Gasteiger partial charge in [0.2, 0.25) is 0 Å². The first-order valence-electron chi connectivity index (χ1n) is 11.3. The van der Waals surface area contributed by atoms with Crippen LogP contribution in [0.5, 0.6) is 17.2 Å². The van der Waals surface area contributed by atoms with E-state index >= 15 is 0 Å². The lowest BCUT2D eigenvalue weighted by molar-refractivity contribution is 0.261. The molecule has 4 rings (SSSR count). The van der Waals surface area contributed by atoms with E-state index < -0.39 is 0 Å². The summed E-state index contributed by atoms with van der Waals surface area (Å²) in [6.45, 7) is 5.96. The van der Waals surface area contributed by atoms with Gasteiger partial charge in [-0.05, 0) is 41.8 Å². The molecule has 182 valence electrons. The summed E-state index contributed by atoms with van der Waals surface area (Å²) in [6, 6.07) is 22.9. The molecule has 0 saturated carbocycles. The fraction of sp³-hybridized carbons (Fsp3) is 0.333. The Morgan fingerprint density at radius 1 is 0.735 bits per heavy atom. The van der Waals surface area contributed by atoms with Gasteiger partial charge in [-0.1, -0.05) is 40.2 Å². The molecule has 0 amide bonds. The van der Waals surface area contributed by atoms with Gasteiger partial charge in [-0.2, -0.15) is 0 Å². The molecule has 1 aliphatic heterocycles. The van der Waals surface area contributed by atoms with Crippen molar-refractivity contribution >= 4 is 34.0 Å². The molecule has 0 N–H and O–H groups in total. The minimum Gasteiger partial charge on any atom is -0.496 e. The molecule has 1 fully saturated rings. The number of rotatable bonds is 9. The van der Waals surface area contributed by atoms with Crippen LogP contribution in [0.4, 0.5) is 5.69 Å². The third-order valence-corrected chi connectivity index (χ3v) is 6.56. The Morgan fingerprint density at radius 2 is 1.29 bits per heavy atom. The van der Waals surface area contributed by atoms with E-state index in [0.717, 1.165) is 66.4 Å². The summed E-state index contributed by atoms with van der Waals surface area (Å²) in [5, 5.41) is 0. The molecule has 0 aromatic heterocycles. The Bertz CT molecular complexity index is 1000. The van der Waals surface area contributed by atoms with Gasteiger partial charge in [0.25, 0.3) is 0 Å². The number of benzene rings is 3. The molecule has 1 heterocycles. The Kier molecular flexibility index (Phi) is 9.93. The molecule has 3 aromatic carbocycles. The first kappa shape index (κ1) is 26.2. The second-order valence-electron chi connectivity index (χ2n) is 8.21. The molecular formula is C27H32BrClN2O3. The molecule has 0 atom stereocenters. The number of methoxy groups -OCH3 is 2. The highest BCUT2D eigenvalue weighted by molar-refractivity contribution is 9.10. The van der Waals surface area contributed by atoms with Crippen molar-refractivity contribution in [3.63, 3.8) is 0 Å². The molecule has 1 saturated heterocycles. The van der Waals surface area contributed by atoms with Gasteiger partial charge < -0.3 is 19.1 Å². The molecule has 34 heavy (non-hydrogen) atoms. The molecule has 3 aromatic rings. The smallest absolute Gasteiger partial charge is 0.127 e. The molecule has 5 nitrogen and oxygen atoms in total. The normalized spacial score (nSPS) is 13.8. The van der Waals surface area contributed by atoms with Crippen molar-refractivity contribution in [2.45, 2.75) is 13.0 Å². The average Bonchev–Trinajstić information content (AvgIpc) is 2.87. The van der Waals surface area contributed by atoms with Crippen LogP contribution in [-0.2, 0) is 13.0 Å². The van der Waals surface area contributed by atoms with E-state index in [1.807, 2.05) is 18.2 Å². The fourth-order valence-corrected chi connectivity index (χ4v) is 4.27. The van der Waals surface area contributed by atoms with Gasteiger partial charge in [-0.3, -0.25) is 4.90 Å². The van der Waals surface area contributed by atoms with Crippen LogP contribution in [0.2, 0.25) is 0 Å². The molecule has 0 spiro atoms. The summed E-state index contributed by atoms with van der Waals surface area (Å²) < 4.78 is 17.7. The van der Waals surface area contributed by atoms with Gasteiger partial charge >= 0.3 is 0 Å². The quantitative estimate of drug-likeness (QED) is 0.337. The van der Waals surface area contributed by atoms with Gasteiger partial charge in [0.15, 0.2) is 0 Å². The highest BCUT2D eigenvalue weighted by Crippen LogP contribution is 2.28. The van der Waals surface area contributed by atoms with E-state index in [2.05, 4.69) is 74.3 Å². The van der Waals surface area contributed by atoms with Gasteiger partial charge in [0.05, 0.1) is 14.2 Å². The van der Waals surface area contributed by atoms with Crippen LogP contribution in [-0.4, -0.2) is 51.8 Å². The maximum absolute atomic E-state index is 5.95. The predicted octanol–water partition coefficient (Wildman–Crippen LogP) is 5.83. The van der Waals surface area contributed by atoms with E-state index in [9.17, 15) is 0 Å². The zero-order valence-electron chi connectivity index (χ0n) is 19.7. The van der Waals surface area contributed by atoms with Gasteiger partial charge in [-0.25, -0.2) is 0 Å². The van der Waals surface area contributed by atoms with E-state index in [1.165, 1.54) is 11.3 Å². The van der Waals surface area contributed by atoms with Crippen molar-refractivity contribution in [1.82, 2.24) is 4.90 Å². The minimum atomic E-state index is 0. The summed E-state index contributed by atoms with van der Waals surface area (Å²) in [5.74, 6) is 2.17. The van der Waals surface area contributed by atoms with Crippen LogP contribution in [0.15, 0.2) is 71.2 Å². The van der Waals surface area contributed by atoms with Crippen LogP contribution in [0, 0.1) is 0 Å². The summed E-state index contributed by atoms with van der Waals surface area (Å²) in [7, 11) is 3.28. The highest BCUT2D eigenvalue weighted by atomic mass is 79.9. The first-order chi connectivity index (χ1) is 16.1. The highest BCUT2D eigenvalue weighted by Gasteiger charge is 2.17. The SMILES string of the molecule is COc1cc(OC)cc(OCc2ccc(CCN3CCN(c4ccc(Br)cc4)CC3)cc2)c1.Cl. The average molecular weight is 548 g/mol. The van der Waals surface area contributed by atoms with Crippen molar-refractivity contribution < 1.29 is 14.2 Å². The number of ether oxygens (including phenoxy) is 3. The van der Waals surface area contributed by atoms with Crippen molar-refractivity contribution in [1.29, 1.82) is 0 Å². The Labute approximate surface area is 217 Å². The number of halogens is 2. The zero-order valence-corrected chi connectivity index (χ0v) is 22.1. The lowest BCUT2D eigenvalue weighted by Gasteiger charge is -2.36. The first-order valence-corrected chi connectivity index (χ1v) is 12.1. The van der Waals surface area contributed by atoms with Gasteiger partial charge in [-0.15, -0.1) is 12.4 Å². The van der Waals surface area contributed by atoms with E-state index in [-0.39, 0.29) is 12.4 Å². The number of hydrogen-bond donors (Lipinski definition) is 0. The number of hydrogen-bond acceptors (Lipinski definition) is 5. The second-order valence-corrected chi connectivity index (χ2v) is 9.12. The zero-order chi connectivity index (χ0) is 23.0. The van der Waals surface area contributed by atoms with Gasteiger partial charge in [0, 0.05) is 61.1 Å². The Balaban J connectivity index is 0.00000324. The summed E-state index contributed by atoms with van der Waals surface area (Å²) >= 11 is 3.51. The van der Waals surface area contributed by atoms with Crippen molar-refractivity contribution in [3.05, 3.63) is 82.3 Å². The van der Waals surface area contributed by atoms with Crippen LogP contribution < -0.4 is 19.1 Å². The van der Waals surface area contributed by atoms with Gasteiger partial charge in [0.1, 0.15) is 23.9 Å². The molecule has 0 unspecified atom stereocenters. The van der Waals surface area contributed by atoms with Crippen LogP contribution in [0.1, 0.15) is 11.1 Å². The molecule has 0 bridgehead atoms. The maximum Gasteiger partial charge on any atom is 0.127 e. The van der Waals surface area contributed by atoms with Crippen molar-refractivity contribution in [2.24, 2.45) is 0 Å². The lowest BCUT2D eigenvalue weighted by atomic mass is 10.1. The largest absolute Gasteiger partial charge is 0.496 e. The third-order valence-electron chi connectivity index (χ3n) is 6.03. The number of nitrogens with zero attached hydrogens (tertiary/aromatic N) is 2. The third kappa shape index (κ3) is 7.29. The van der Waals surface area contributed by atoms with Crippen LogP contribution >= 0.6 is 28.3 Å². The molecule has 1 aliphatic rings. The maximum atomic E-state index is 5.95. The van der Waals surface area contributed by atoms with E-state index in [0.29, 0.717) is 6.61 Å². The standard InChI is InChI=1S/C27H31BrN2O3.ClH/c1-31-25-17-26(32-2)19-27(18-25)33-20-22-5-3-21(4-6-22)11-12-29-13-15-30(16-14-29)24-9-7-23(28)8-10-24;/h3-10,17-19H,11-16,20H2,1-2H3;1H. The Morgan fingerprint density at radius 3 is 1.88 bits per heavy atom. The topological polar surface area (TPSA) is 34.2 Å². The van der Waals surface area contributed by atoms with Crippen LogP contribution in [0.3, 0.4) is 0 Å². The van der Waals surface area contributed by atoms with E-state index in [1.54, 1.807) is 14.2 Å². The number of anilines is 1. The molecule has 7 heteroatoms. The second kappa shape index (κ2) is 12.9. The lowest BCUT2D eigenvalue weighted by Crippen LogP contribution is -2.46. The molecule has 0 aliphatic carbocycles. The minimum absolute atomic E-state index is 0. The van der Waals surface area contributed by atoms with Crippen molar-refractivity contribution in [3.8, 4) is 17.2 Å².